The lowest BCUT2D eigenvalue weighted by Crippen LogP contribution is -2.08. The molecular formula is C8H7FN2O5. The number of nitrogens with zero attached hydrogens (tertiary/aromatic N) is 1. The normalized spacial score (nSPS) is 9.69. The fourth-order valence-electron chi connectivity index (χ4n) is 1.07. The van der Waals surface area contributed by atoms with Gasteiger partial charge in [-0.15, -0.1) is 0 Å². The van der Waals surface area contributed by atoms with E-state index in [1.807, 2.05) is 0 Å². The van der Waals surface area contributed by atoms with Gasteiger partial charge in [-0.3, -0.25) is 20.8 Å². The van der Waals surface area contributed by atoms with E-state index >= 15 is 0 Å². The molecule has 1 aromatic rings. The number of carbonyl (C=O) groups excluding carboxylic acids is 1. The lowest BCUT2D eigenvalue weighted by atomic mass is 10.1. The Morgan fingerprint density at radius 1 is 1.62 bits per heavy atom. The Kier molecular flexibility index (Phi) is 3.36. The van der Waals surface area contributed by atoms with E-state index in [2.05, 4.69) is 4.74 Å². The first kappa shape index (κ1) is 11.9. The van der Waals surface area contributed by atoms with Crippen LogP contribution in [0.5, 0.6) is 0 Å². The molecule has 1 rings (SSSR count). The molecule has 0 aliphatic carbocycles. The molecule has 16 heavy (non-hydrogen) atoms. The topological polar surface area (TPSA) is 102 Å². The van der Waals surface area contributed by atoms with Crippen molar-refractivity contribution in [2.24, 2.45) is 0 Å². The number of nitro benzene ring substituents is 1. The predicted molar refractivity (Wildman–Crippen MR) is 49.8 cm³/mol. The number of hydrogen-bond acceptors (Lipinski definition) is 6. The molecule has 0 heterocycles. The Balaban J connectivity index is 3.37. The van der Waals surface area contributed by atoms with Gasteiger partial charge in [0.2, 0.25) is 5.82 Å². The largest absolute Gasteiger partial charge is 0.465 e. The van der Waals surface area contributed by atoms with Gasteiger partial charge >= 0.3 is 11.7 Å². The lowest BCUT2D eigenvalue weighted by molar-refractivity contribution is -0.387. The Morgan fingerprint density at radius 3 is 2.69 bits per heavy atom. The van der Waals surface area contributed by atoms with Gasteiger partial charge in [-0.2, -0.15) is 4.39 Å². The van der Waals surface area contributed by atoms with Crippen LogP contribution in [-0.2, 0) is 4.74 Å². The minimum absolute atomic E-state index is 0.306. The van der Waals surface area contributed by atoms with E-state index in [0.717, 1.165) is 7.11 Å². The van der Waals surface area contributed by atoms with Crippen molar-refractivity contribution in [2.75, 3.05) is 12.6 Å². The predicted octanol–water partition coefficient (Wildman–Crippen LogP) is 1.32. The molecule has 0 saturated heterocycles. The molecule has 0 unspecified atom stereocenters. The molecule has 0 aliphatic heterocycles. The van der Waals surface area contributed by atoms with E-state index in [1.165, 1.54) is 0 Å². The molecule has 0 atom stereocenters. The molecule has 0 bridgehead atoms. The summed E-state index contributed by atoms with van der Waals surface area (Å²) in [5.74, 6) is -2.12. The minimum Gasteiger partial charge on any atom is -0.465 e. The van der Waals surface area contributed by atoms with Crippen molar-refractivity contribution in [3.05, 3.63) is 33.6 Å². The number of nitro groups is 1. The standard InChI is InChI=1S/C8H7FN2O5/c1-16-8(12)4-2-5(9)7(11(14)15)3-6(4)10-13/h2-3,10,13H,1H3. The fourth-order valence-corrected chi connectivity index (χ4v) is 1.07. The third kappa shape index (κ3) is 2.06. The van der Waals surface area contributed by atoms with Gasteiger partial charge < -0.3 is 4.74 Å². The van der Waals surface area contributed by atoms with Crippen LogP contribution >= 0.6 is 0 Å². The van der Waals surface area contributed by atoms with Gasteiger partial charge in [0.1, 0.15) is 0 Å². The highest BCUT2D eigenvalue weighted by Crippen LogP contribution is 2.26. The Hall–Kier alpha value is -2.22. The zero-order valence-electron chi connectivity index (χ0n) is 8.06. The molecular weight excluding hydrogens is 223 g/mol. The Morgan fingerprint density at radius 2 is 2.25 bits per heavy atom. The number of ether oxygens (including phenoxy) is 1. The quantitative estimate of drug-likeness (QED) is 0.461. The van der Waals surface area contributed by atoms with Crippen LogP contribution < -0.4 is 5.48 Å². The number of nitrogens with one attached hydrogen (secondary N) is 1. The van der Waals surface area contributed by atoms with Crippen LogP contribution in [0.15, 0.2) is 12.1 Å². The highest BCUT2D eigenvalue weighted by molar-refractivity contribution is 5.96. The molecule has 0 spiro atoms. The lowest BCUT2D eigenvalue weighted by Gasteiger charge is -2.06. The summed E-state index contributed by atoms with van der Waals surface area (Å²) < 4.78 is 17.5. The average molecular weight is 230 g/mol. The summed E-state index contributed by atoms with van der Waals surface area (Å²) in [5, 5.41) is 19.0. The number of esters is 1. The van der Waals surface area contributed by atoms with Crippen LogP contribution in [0.2, 0.25) is 0 Å². The van der Waals surface area contributed by atoms with E-state index in [-0.39, 0.29) is 11.3 Å². The number of rotatable bonds is 3. The van der Waals surface area contributed by atoms with Crippen LogP contribution in [0, 0.1) is 15.9 Å². The molecule has 0 fully saturated rings. The van der Waals surface area contributed by atoms with Crippen molar-refractivity contribution in [3.8, 4) is 0 Å². The number of benzene rings is 1. The number of hydrogen-bond donors (Lipinski definition) is 2. The second kappa shape index (κ2) is 4.53. The summed E-state index contributed by atoms with van der Waals surface area (Å²) in [5.41, 5.74) is 0.0588. The summed E-state index contributed by atoms with van der Waals surface area (Å²) in [6, 6.07) is 1.31. The van der Waals surface area contributed by atoms with Crippen molar-refractivity contribution in [2.45, 2.75) is 0 Å². The first-order valence-electron chi connectivity index (χ1n) is 3.97. The monoisotopic (exact) mass is 230 g/mol. The molecule has 0 saturated carbocycles. The highest BCUT2D eigenvalue weighted by Gasteiger charge is 2.21. The van der Waals surface area contributed by atoms with E-state index in [1.54, 1.807) is 5.48 Å². The zero-order chi connectivity index (χ0) is 12.3. The average Bonchev–Trinajstić information content (AvgIpc) is 2.27. The van der Waals surface area contributed by atoms with Crippen LogP contribution in [-0.4, -0.2) is 23.2 Å². The van der Waals surface area contributed by atoms with Crippen molar-refractivity contribution in [3.63, 3.8) is 0 Å². The Labute approximate surface area is 88.6 Å². The molecule has 1 aromatic carbocycles. The van der Waals surface area contributed by atoms with Crippen LogP contribution in [0.25, 0.3) is 0 Å². The van der Waals surface area contributed by atoms with Gasteiger partial charge in [0.25, 0.3) is 0 Å². The number of carbonyl (C=O) groups is 1. The SMILES string of the molecule is COC(=O)c1cc(F)c([N+](=O)[O-])cc1NO. The molecule has 0 radical (unpaired) electrons. The van der Waals surface area contributed by atoms with Gasteiger partial charge in [-0.25, -0.2) is 4.79 Å². The van der Waals surface area contributed by atoms with Crippen molar-refractivity contribution in [1.29, 1.82) is 0 Å². The fraction of sp³-hybridized carbons (Fsp3) is 0.125. The second-order valence-corrected chi connectivity index (χ2v) is 2.71. The highest BCUT2D eigenvalue weighted by atomic mass is 19.1. The van der Waals surface area contributed by atoms with Crippen LogP contribution in [0.4, 0.5) is 15.8 Å². The third-order valence-corrected chi connectivity index (χ3v) is 1.81. The van der Waals surface area contributed by atoms with Crippen molar-refractivity contribution in [1.82, 2.24) is 0 Å². The zero-order valence-corrected chi connectivity index (χ0v) is 8.06. The molecule has 86 valence electrons. The molecule has 8 heteroatoms. The molecule has 7 nitrogen and oxygen atoms in total. The third-order valence-electron chi connectivity index (χ3n) is 1.81. The van der Waals surface area contributed by atoms with Crippen LogP contribution in [0.3, 0.4) is 0 Å². The van der Waals surface area contributed by atoms with E-state index in [9.17, 15) is 19.3 Å². The maximum atomic E-state index is 13.2. The summed E-state index contributed by atoms with van der Waals surface area (Å²) in [6.45, 7) is 0. The number of anilines is 1. The van der Waals surface area contributed by atoms with Crippen LogP contribution in [0.1, 0.15) is 10.4 Å². The van der Waals surface area contributed by atoms with Gasteiger partial charge in [0.05, 0.1) is 23.3 Å². The summed E-state index contributed by atoms with van der Waals surface area (Å²) in [7, 11) is 1.06. The molecule has 0 aromatic heterocycles. The smallest absolute Gasteiger partial charge is 0.340 e. The summed E-state index contributed by atoms with van der Waals surface area (Å²) in [4.78, 5) is 20.5. The first-order valence-corrected chi connectivity index (χ1v) is 3.97. The van der Waals surface area contributed by atoms with Gasteiger partial charge in [-0.1, -0.05) is 0 Å². The van der Waals surface area contributed by atoms with Crippen molar-refractivity contribution < 1.29 is 24.1 Å². The number of methoxy groups -OCH3 is 1. The van der Waals surface area contributed by atoms with E-state index in [0.29, 0.717) is 12.1 Å². The van der Waals surface area contributed by atoms with Gasteiger partial charge in [0.15, 0.2) is 0 Å². The maximum absolute atomic E-state index is 13.2. The van der Waals surface area contributed by atoms with Gasteiger partial charge in [-0.05, 0) is 6.07 Å². The number of halogens is 1. The van der Waals surface area contributed by atoms with E-state index in [4.69, 9.17) is 5.21 Å². The first-order chi connectivity index (χ1) is 7.51. The van der Waals surface area contributed by atoms with Crippen molar-refractivity contribution >= 4 is 17.3 Å². The summed E-state index contributed by atoms with van der Waals surface area (Å²) in [6.07, 6.45) is 0. The second-order valence-electron chi connectivity index (χ2n) is 2.71. The maximum Gasteiger partial charge on any atom is 0.340 e. The van der Waals surface area contributed by atoms with Gasteiger partial charge in [0, 0.05) is 6.07 Å². The Bertz CT molecular complexity index is 448. The minimum atomic E-state index is -1.19. The molecule has 2 N–H and O–H groups in total. The summed E-state index contributed by atoms with van der Waals surface area (Å²) >= 11 is 0. The van der Waals surface area contributed by atoms with E-state index < -0.39 is 22.4 Å². The molecule has 0 amide bonds. The molecule has 0 aliphatic rings.